The molecule has 9 nitrogen and oxygen atoms in total. The van der Waals surface area contributed by atoms with Crippen molar-refractivity contribution >= 4 is 17.8 Å². The van der Waals surface area contributed by atoms with Gasteiger partial charge in [-0.1, -0.05) is 0 Å². The third-order valence-electron chi connectivity index (χ3n) is 5.53. The molecule has 3 heterocycles. The first-order valence-electron chi connectivity index (χ1n) is 9.88. The monoisotopic (exact) mass is 408 g/mol. The van der Waals surface area contributed by atoms with Crippen molar-refractivity contribution in [2.75, 3.05) is 18.4 Å². The molecule has 1 aliphatic rings. The Kier molecular flexibility index (Phi) is 6.57. The smallest absolute Gasteiger partial charge is 0.266 e. The van der Waals surface area contributed by atoms with Gasteiger partial charge in [0.2, 0.25) is 17.8 Å². The summed E-state index contributed by atoms with van der Waals surface area (Å²) in [5.41, 5.74) is 1.84. The molecule has 0 atom stereocenters. The van der Waals surface area contributed by atoms with Crippen LogP contribution in [0.4, 0.5) is 5.95 Å². The molecule has 0 saturated carbocycles. The number of nitrogens with zero attached hydrogens (tertiary/aromatic N) is 4. The number of aryl methyl sites for hydroxylation is 1. The second kappa shape index (κ2) is 9.31. The predicted molar refractivity (Wildman–Crippen MR) is 110 cm³/mol. The summed E-state index contributed by atoms with van der Waals surface area (Å²) in [6, 6.07) is 3.61. The lowest BCUT2D eigenvalue weighted by Crippen LogP contribution is -2.41. The molecule has 2 aromatic rings. The van der Waals surface area contributed by atoms with Crippen molar-refractivity contribution in [1.82, 2.24) is 19.9 Å². The Hall–Kier alpha value is -3.54. The van der Waals surface area contributed by atoms with Gasteiger partial charge in [-0.2, -0.15) is 5.26 Å². The molecule has 30 heavy (non-hydrogen) atoms. The molecule has 0 aromatic carbocycles. The van der Waals surface area contributed by atoms with Gasteiger partial charge < -0.3 is 9.88 Å². The van der Waals surface area contributed by atoms with Crippen LogP contribution in [-0.4, -0.2) is 44.8 Å². The number of rotatable bonds is 5. The Morgan fingerprint density at radius 2 is 1.93 bits per heavy atom. The zero-order valence-corrected chi connectivity index (χ0v) is 17.1. The van der Waals surface area contributed by atoms with E-state index in [1.807, 2.05) is 6.07 Å². The maximum absolute atomic E-state index is 12.7. The highest BCUT2D eigenvalue weighted by Crippen LogP contribution is 2.21. The summed E-state index contributed by atoms with van der Waals surface area (Å²) in [4.78, 5) is 49.3. The van der Waals surface area contributed by atoms with Crippen LogP contribution in [0.1, 0.15) is 41.6 Å². The SMILES string of the molecule is Cc1[nH]c(=O)c(C#N)c(C)c1CCC(=O)N1CCC(C(=O)Nc2ncccn2)CC1. The van der Waals surface area contributed by atoms with Crippen LogP contribution < -0.4 is 10.9 Å². The molecule has 0 spiro atoms. The van der Waals surface area contributed by atoms with Crippen LogP contribution >= 0.6 is 0 Å². The van der Waals surface area contributed by atoms with Crippen LogP contribution in [0, 0.1) is 31.1 Å². The fourth-order valence-corrected chi connectivity index (χ4v) is 3.78. The molecule has 1 aliphatic heterocycles. The highest BCUT2D eigenvalue weighted by molar-refractivity contribution is 5.91. The quantitative estimate of drug-likeness (QED) is 0.770. The molecule has 1 fully saturated rings. The van der Waals surface area contributed by atoms with E-state index in [2.05, 4.69) is 20.3 Å². The summed E-state index contributed by atoms with van der Waals surface area (Å²) >= 11 is 0. The largest absolute Gasteiger partial charge is 0.343 e. The van der Waals surface area contributed by atoms with Gasteiger partial charge in [0.15, 0.2) is 0 Å². The Morgan fingerprint density at radius 1 is 1.27 bits per heavy atom. The minimum Gasteiger partial charge on any atom is -0.343 e. The molecule has 0 unspecified atom stereocenters. The van der Waals surface area contributed by atoms with E-state index >= 15 is 0 Å². The highest BCUT2D eigenvalue weighted by atomic mass is 16.2. The third-order valence-corrected chi connectivity index (χ3v) is 5.53. The molecular formula is C21H24N6O3. The number of aromatic nitrogens is 3. The predicted octanol–water partition coefficient (Wildman–Crippen LogP) is 1.46. The number of likely N-dealkylation sites (tertiary alicyclic amines) is 1. The van der Waals surface area contributed by atoms with Crippen LogP contribution in [0.5, 0.6) is 0 Å². The number of piperidine rings is 1. The molecule has 0 bridgehead atoms. The Labute approximate surface area is 174 Å². The number of anilines is 1. The summed E-state index contributed by atoms with van der Waals surface area (Å²) in [5.74, 6) is -0.0234. The Balaban J connectivity index is 1.53. The van der Waals surface area contributed by atoms with Crippen LogP contribution in [0.15, 0.2) is 23.3 Å². The van der Waals surface area contributed by atoms with Gasteiger partial charge >= 0.3 is 0 Å². The molecule has 0 radical (unpaired) electrons. The van der Waals surface area contributed by atoms with Crippen molar-refractivity contribution < 1.29 is 9.59 Å². The standard InChI is InChI=1S/C21H24N6O3/c1-13-16(14(2)25-20(30)17(13)12-22)4-5-18(28)27-10-6-15(7-11-27)19(29)26-21-23-8-3-9-24-21/h3,8-9,15H,4-7,10-11H2,1-2H3,(H,25,30)(H,23,24,26,29). The summed E-state index contributed by atoms with van der Waals surface area (Å²) in [6.07, 6.45) is 5.03. The fraction of sp³-hybridized carbons (Fsp3) is 0.429. The van der Waals surface area contributed by atoms with Crippen LogP contribution in [0.2, 0.25) is 0 Å². The first-order chi connectivity index (χ1) is 14.4. The van der Waals surface area contributed by atoms with Crippen molar-refractivity contribution in [3.63, 3.8) is 0 Å². The van der Waals surface area contributed by atoms with E-state index in [-0.39, 0.29) is 35.7 Å². The van der Waals surface area contributed by atoms with Crippen LogP contribution in [0.3, 0.4) is 0 Å². The number of carbonyl (C=O) groups excluding carboxylic acids is 2. The van der Waals surface area contributed by atoms with Crippen molar-refractivity contribution in [1.29, 1.82) is 5.26 Å². The Morgan fingerprint density at radius 3 is 2.57 bits per heavy atom. The molecule has 3 rings (SSSR count). The topological polar surface area (TPSA) is 132 Å². The van der Waals surface area contributed by atoms with Crippen molar-refractivity contribution in [2.24, 2.45) is 5.92 Å². The van der Waals surface area contributed by atoms with Crippen LogP contribution in [0.25, 0.3) is 0 Å². The summed E-state index contributed by atoms with van der Waals surface area (Å²) in [7, 11) is 0. The van der Waals surface area contributed by atoms with Gasteiger partial charge in [0.05, 0.1) is 0 Å². The number of amides is 2. The lowest BCUT2D eigenvalue weighted by atomic mass is 9.95. The lowest BCUT2D eigenvalue weighted by molar-refractivity contribution is -0.134. The molecular weight excluding hydrogens is 384 g/mol. The number of hydrogen-bond acceptors (Lipinski definition) is 6. The van der Waals surface area contributed by atoms with E-state index in [1.54, 1.807) is 37.2 Å². The van der Waals surface area contributed by atoms with Gasteiger partial charge in [0, 0.05) is 43.5 Å². The van der Waals surface area contributed by atoms with Crippen molar-refractivity contribution in [2.45, 2.75) is 39.5 Å². The second-order valence-corrected chi connectivity index (χ2v) is 7.39. The van der Waals surface area contributed by atoms with Gasteiger partial charge in [-0.3, -0.25) is 19.7 Å². The van der Waals surface area contributed by atoms with Gasteiger partial charge in [0.25, 0.3) is 5.56 Å². The van der Waals surface area contributed by atoms with E-state index in [9.17, 15) is 19.6 Å². The van der Waals surface area contributed by atoms with Crippen molar-refractivity contribution in [3.05, 3.63) is 51.2 Å². The number of pyridine rings is 1. The van der Waals surface area contributed by atoms with E-state index < -0.39 is 5.56 Å². The zero-order chi connectivity index (χ0) is 21.7. The maximum Gasteiger partial charge on any atom is 0.266 e. The summed E-state index contributed by atoms with van der Waals surface area (Å²) < 4.78 is 0. The normalized spacial score (nSPS) is 14.2. The van der Waals surface area contributed by atoms with E-state index in [4.69, 9.17) is 0 Å². The van der Waals surface area contributed by atoms with E-state index in [0.29, 0.717) is 43.6 Å². The number of carbonyl (C=O) groups is 2. The zero-order valence-electron chi connectivity index (χ0n) is 17.1. The average molecular weight is 408 g/mol. The summed E-state index contributed by atoms with van der Waals surface area (Å²) in [5, 5.41) is 11.9. The second-order valence-electron chi connectivity index (χ2n) is 7.39. The molecule has 9 heteroatoms. The minimum absolute atomic E-state index is 0.00348. The average Bonchev–Trinajstić information content (AvgIpc) is 2.74. The molecule has 2 N–H and O–H groups in total. The fourth-order valence-electron chi connectivity index (χ4n) is 3.78. The molecule has 2 aromatic heterocycles. The van der Waals surface area contributed by atoms with Crippen molar-refractivity contribution in [3.8, 4) is 6.07 Å². The molecule has 0 aliphatic carbocycles. The summed E-state index contributed by atoms with van der Waals surface area (Å²) in [6.45, 7) is 4.54. The Bertz CT molecular complexity index is 1030. The molecule has 2 amide bonds. The number of H-pyrrole nitrogens is 1. The number of nitrogens with one attached hydrogen (secondary N) is 2. The number of nitriles is 1. The van der Waals surface area contributed by atoms with Gasteiger partial charge in [-0.15, -0.1) is 0 Å². The third kappa shape index (κ3) is 4.71. The highest BCUT2D eigenvalue weighted by Gasteiger charge is 2.27. The minimum atomic E-state index is -0.399. The molecule has 1 saturated heterocycles. The van der Waals surface area contributed by atoms with Gasteiger partial charge in [0.1, 0.15) is 11.6 Å². The van der Waals surface area contributed by atoms with Crippen LogP contribution in [-0.2, 0) is 16.0 Å². The van der Waals surface area contributed by atoms with Gasteiger partial charge in [-0.05, 0) is 50.3 Å². The van der Waals surface area contributed by atoms with E-state index in [0.717, 1.165) is 5.56 Å². The lowest BCUT2D eigenvalue weighted by Gasteiger charge is -2.31. The maximum atomic E-state index is 12.7. The first kappa shape index (κ1) is 21.2. The molecule has 156 valence electrons. The first-order valence-corrected chi connectivity index (χ1v) is 9.88. The van der Waals surface area contributed by atoms with E-state index in [1.165, 1.54) is 0 Å². The van der Waals surface area contributed by atoms with Gasteiger partial charge in [-0.25, -0.2) is 9.97 Å². The number of aromatic amines is 1. The number of hydrogen-bond donors (Lipinski definition) is 2.